The number of ether oxygens (including phenoxy) is 5. The Bertz CT molecular complexity index is 867. The zero-order chi connectivity index (χ0) is 21.3. The lowest BCUT2D eigenvalue weighted by Crippen LogP contribution is -2.17. The number of carbonyl (C=O) groups excluding carboxylic acids is 1. The lowest BCUT2D eigenvalue weighted by Gasteiger charge is -2.21. The van der Waals surface area contributed by atoms with Crippen LogP contribution in [0.25, 0.3) is 6.08 Å². The predicted octanol–water partition coefficient (Wildman–Crippen LogP) is 4.62. The van der Waals surface area contributed by atoms with Crippen LogP contribution in [0, 0.1) is 0 Å². The summed E-state index contributed by atoms with van der Waals surface area (Å²) in [5.74, 6) is 2.89. The summed E-state index contributed by atoms with van der Waals surface area (Å²) >= 11 is 0. The van der Waals surface area contributed by atoms with Crippen LogP contribution < -0.4 is 18.9 Å². The first-order valence-corrected chi connectivity index (χ1v) is 9.99. The van der Waals surface area contributed by atoms with Gasteiger partial charge >= 0.3 is 0 Å². The van der Waals surface area contributed by atoms with Crippen LogP contribution in [-0.2, 0) is 9.53 Å². The van der Waals surface area contributed by atoms with Crippen LogP contribution >= 0.6 is 0 Å². The number of carbonyl (C=O) groups is 1. The second-order valence-corrected chi connectivity index (χ2v) is 6.93. The highest BCUT2D eigenvalue weighted by atomic mass is 16.6. The highest BCUT2D eigenvalue weighted by Gasteiger charge is 2.22. The molecule has 6 heteroatoms. The Morgan fingerprint density at radius 2 is 1.70 bits per heavy atom. The largest absolute Gasteiger partial charge is 0.497 e. The van der Waals surface area contributed by atoms with E-state index >= 15 is 0 Å². The number of hydrogen-bond acceptors (Lipinski definition) is 6. The second kappa shape index (κ2) is 10.7. The van der Waals surface area contributed by atoms with Crippen LogP contribution in [-0.4, -0.2) is 40.3 Å². The number of benzene rings is 2. The van der Waals surface area contributed by atoms with Gasteiger partial charge in [0.2, 0.25) is 0 Å². The number of hydrogen-bond donors (Lipinski definition) is 0. The molecule has 0 saturated heterocycles. The number of Topliss-reactive ketones (excluding diaryl/α,β-unsaturated/α-hetero) is 1. The van der Waals surface area contributed by atoms with E-state index in [0.717, 1.165) is 35.5 Å². The van der Waals surface area contributed by atoms with Crippen LogP contribution in [0.1, 0.15) is 36.5 Å². The van der Waals surface area contributed by atoms with E-state index in [0.29, 0.717) is 31.1 Å². The number of fused-ring (bicyclic) bond motifs is 1. The molecule has 0 bridgehead atoms. The van der Waals surface area contributed by atoms with Gasteiger partial charge in [-0.15, -0.1) is 0 Å². The molecule has 0 N–H and O–H groups in total. The minimum absolute atomic E-state index is 0.0469. The Labute approximate surface area is 177 Å². The highest BCUT2D eigenvalue weighted by Crippen LogP contribution is 2.34. The van der Waals surface area contributed by atoms with Crippen molar-refractivity contribution in [2.75, 3.05) is 34.5 Å². The van der Waals surface area contributed by atoms with Crippen molar-refractivity contribution in [2.45, 2.75) is 25.4 Å². The van der Waals surface area contributed by atoms with Gasteiger partial charge in [-0.3, -0.25) is 4.79 Å². The van der Waals surface area contributed by atoms with E-state index in [-0.39, 0.29) is 5.78 Å². The van der Waals surface area contributed by atoms with Gasteiger partial charge in [0.1, 0.15) is 30.8 Å². The first-order chi connectivity index (χ1) is 14.6. The molecule has 0 amide bonds. The summed E-state index contributed by atoms with van der Waals surface area (Å²) in [4.78, 5) is 12.7. The molecule has 0 radical (unpaired) electrons. The fraction of sp³-hybridized carbons (Fsp3) is 0.375. The average molecular weight is 412 g/mol. The van der Waals surface area contributed by atoms with Crippen LogP contribution in [0.2, 0.25) is 0 Å². The van der Waals surface area contributed by atoms with Crippen molar-refractivity contribution in [1.29, 1.82) is 0 Å². The maximum atomic E-state index is 12.7. The molecule has 1 aliphatic rings. The van der Waals surface area contributed by atoms with Gasteiger partial charge in [0.15, 0.2) is 17.3 Å². The van der Waals surface area contributed by atoms with Crippen LogP contribution in [0.15, 0.2) is 42.5 Å². The smallest absolute Gasteiger partial charge is 0.166 e. The third-order valence-electron chi connectivity index (χ3n) is 4.88. The van der Waals surface area contributed by atoms with Gasteiger partial charge in [-0.05, 0) is 48.2 Å². The van der Waals surface area contributed by atoms with Gasteiger partial charge in [-0.2, -0.15) is 0 Å². The molecule has 0 fully saturated rings. The molecule has 1 aliphatic heterocycles. The van der Waals surface area contributed by atoms with Crippen molar-refractivity contribution < 1.29 is 28.5 Å². The number of allylic oxidation sites excluding steroid dienone is 1. The third-order valence-corrected chi connectivity index (χ3v) is 4.88. The van der Waals surface area contributed by atoms with Crippen molar-refractivity contribution in [3.63, 3.8) is 0 Å². The molecule has 30 heavy (non-hydrogen) atoms. The predicted molar refractivity (Wildman–Crippen MR) is 115 cm³/mol. The van der Waals surface area contributed by atoms with Gasteiger partial charge in [0.25, 0.3) is 0 Å². The molecule has 0 aliphatic carbocycles. The first kappa shape index (κ1) is 21.7. The Balaban J connectivity index is 1.54. The second-order valence-electron chi connectivity index (χ2n) is 6.93. The van der Waals surface area contributed by atoms with Gasteiger partial charge in [-0.25, -0.2) is 0 Å². The Morgan fingerprint density at radius 3 is 2.37 bits per heavy atom. The monoisotopic (exact) mass is 412 g/mol. The van der Waals surface area contributed by atoms with E-state index in [4.69, 9.17) is 23.7 Å². The molecule has 1 atom stereocenters. The highest BCUT2D eigenvalue weighted by molar-refractivity contribution is 5.84. The topological polar surface area (TPSA) is 63.2 Å². The molecule has 0 saturated carbocycles. The summed E-state index contributed by atoms with van der Waals surface area (Å²) < 4.78 is 27.2. The average Bonchev–Trinajstić information content (AvgIpc) is 2.79. The fourth-order valence-electron chi connectivity index (χ4n) is 3.35. The van der Waals surface area contributed by atoms with Gasteiger partial charge in [0.05, 0.1) is 14.2 Å². The SMILES string of the molecule is COc1cc(/C=C/CCCC(=O)C(OC)c2ccc3c(c2)OCCO3)cc(OC)c1. The maximum absolute atomic E-state index is 12.7. The standard InChI is InChI=1S/C24H28O6/c1-26-19-13-17(14-20(16-19)27-2)7-5-4-6-8-21(25)24(28-3)18-9-10-22-23(15-18)30-12-11-29-22/h5,7,9-10,13-16,24H,4,6,8,11-12H2,1-3H3/b7-5+. The zero-order valence-electron chi connectivity index (χ0n) is 17.7. The summed E-state index contributed by atoms with van der Waals surface area (Å²) in [6.07, 6.45) is 5.40. The molecular weight excluding hydrogens is 384 g/mol. The summed E-state index contributed by atoms with van der Waals surface area (Å²) in [5, 5.41) is 0. The number of rotatable bonds is 10. The summed E-state index contributed by atoms with van der Waals surface area (Å²) in [5.41, 5.74) is 1.77. The van der Waals surface area contributed by atoms with E-state index in [9.17, 15) is 4.79 Å². The lowest BCUT2D eigenvalue weighted by molar-refractivity contribution is -0.129. The van der Waals surface area contributed by atoms with Crippen molar-refractivity contribution >= 4 is 11.9 Å². The van der Waals surface area contributed by atoms with Crippen LogP contribution in [0.3, 0.4) is 0 Å². The van der Waals surface area contributed by atoms with Crippen molar-refractivity contribution in [2.24, 2.45) is 0 Å². The van der Waals surface area contributed by atoms with Crippen molar-refractivity contribution in [3.05, 3.63) is 53.6 Å². The van der Waals surface area contributed by atoms with Gasteiger partial charge < -0.3 is 23.7 Å². The molecule has 1 unspecified atom stereocenters. The van der Waals surface area contributed by atoms with Crippen LogP contribution in [0.5, 0.6) is 23.0 Å². The fourth-order valence-corrected chi connectivity index (χ4v) is 3.35. The zero-order valence-corrected chi connectivity index (χ0v) is 17.7. The molecule has 2 aromatic carbocycles. The number of methoxy groups -OCH3 is 3. The maximum Gasteiger partial charge on any atom is 0.166 e. The molecule has 6 nitrogen and oxygen atoms in total. The molecule has 0 aromatic heterocycles. The van der Waals surface area contributed by atoms with Gasteiger partial charge in [0, 0.05) is 19.6 Å². The molecular formula is C24H28O6. The molecule has 2 aromatic rings. The quantitative estimate of drug-likeness (QED) is 0.531. The number of unbranched alkanes of at least 4 members (excludes halogenated alkanes) is 1. The minimum Gasteiger partial charge on any atom is -0.497 e. The van der Waals surface area contributed by atoms with E-state index in [2.05, 4.69) is 0 Å². The van der Waals surface area contributed by atoms with Crippen LogP contribution in [0.4, 0.5) is 0 Å². The molecule has 3 rings (SSSR count). The molecule has 160 valence electrons. The Kier molecular flexibility index (Phi) is 7.74. The van der Waals surface area contributed by atoms with E-state index in [1.165, 1.54) is 0 Å². The summed E-state index contributed by atoms with van der Waals surface area (Å²) in [6, 6.07) is 11.2. The Hall–Kier alpha value is -2.99. The third kappa shape index (κ3) is 5.54. The summed E-state index contributed by atoms with van der Waals surface area (Å²) in [6.45, 7) is 1.04. The van der Waals surface area contributed by atoms with Crippen molar-refractivity contribution in [1.82, 2.24) is 0 Å². The number of ketones is 1. The summed E-state index contributed by atoms with van der Waals surface area (Å²) in [7, 11) is 4.80. The molecule has 1 heterocycles. The molecule has 0 spiro atoms. The van der Waals surface area contributed by atoms with Gasteiger partial charge in [-0.1, -0.05) is 18.2 Å². The van der Waals surface area contributed by atoms with E-state index in [1.54, 1.807) is 21.3 Å². The lowest BCUT2D eigenvalue weighted by atomic mass is 10.0. The normalized spacial score (nSPS) is 13.8. The van der Waals surface area contributed by atoms with E-state index < -0.39 is 6.10 Å². The minimum atomic E-state index is -0.604. The van der Waals surface area contributed by atoms with Crippen molar-refractivity contribution in [3.8, 4) is 23.0 Å². The first-order valence-electron chi connectivity index (χ1n) is 9.99. The Morgan fingerprint density at radius 1 is 1.00 bits per heavy atom. The van der Waals surface area contributed by atoms with E-state index in [1.807, 2.05) is 48.6 Å².